The highest BCUT2D eigenvalue weighted by Gasteiger charge is 2.30. The van der Waals surface area contributed by atoms with Crippen molar-refractivity contribution in [3.8, 4) is 16.3 Å². The lowest BCUT2D eigenvalue weighted by Gasteiger charge is -2.33. The minimum Gasteiger partial charge on any atom is -0.497 e. The maximum Gasteiger partial charge on any atom is 0.273 e. The summed E-state index contributed by atoms with van der Waals surface area (Å²) >= 11 is 1.40. The molecule has 2 amide bonds. The maximum absolute atomic E-state index is 12.8. The van der Waals surface area contributed by atoms with E-state index in [1.807, 2.05) is 24.3 Å². The first-order valence-corrected chi connectivity index (χ1v) is 9.61. The highest BCUT2D eigenvalue weighted by molar-refractivity contribution is 7.13. The summed E-state index contributed by atoms with van der Waals surface area (Å²) in [6, 6.07) is 7.52. The number of amides is 2. The molecule has 3 heterocycles. The third-order valence-corrected chi connectivity index (χ3v) is 5.46. The van der Waals surface area contributed by atoms with Crippen LogP contribution in [0.5, 0.6) is 5.75 Å². The number of benzene rings is 1. The van der Waals surface area contributed by atoms with E-state index in [0.717, 1.165) is 22.0 Å². The van der Waals surface area contributed by atoms with Gasteiger partial charge in [0.25, 0.3) is 5.91 Å². The lowest BCUT2D eigenvalue weighted by molar-refractivity contribution is -0.120. The van der Waals surface area contributed by atoms with Crippen LogP contribution < -0.4 is 9.64 Å². The summed E-state index contributed by atoms with van der Waals surface area (Å²) in [6.45, 7) is 0.920. The zero-order valence-corrected chi connectivity index (χ0v) is 16.3. The van der Waals surface area contributed by atoms with Gasteiger partial charge in [0, 0.05) is 37.3 Å². The number of anilines is 1. The van der Waals surface area contributed by atoms with E-state index in [9.17, 15) is 9.59 Å². The maximum atomic E-state index is 12.8. The van der Waals surface area contributed by atoms with Crippen molar-refractivity contribution in [3.05, 3.63) is 47.7 Å². The number of hydrogen-bond donors (Lipinski definition) is 0. The fraction of sp³-hybridized carbons (Fsp3) is 0.263. The molecule has 1 aliphatic rings. The van der Waals surface area contributed by atoms with E-state index in [1.165, 1.54) is 11.3 Å². The van der Waals surface area contributed by atoms with Gasteiger partial charge in [0.05, 0.1) is 19.0 Å². The fourth-order valence-electron chi connectivity index (χ4n) is 3.07. The highest BCUT2D eigenvalue weighted by atomic mass is 32.1. The van der Waals surface area contributed by atoms with Crippen LogP contribution in [-0.4, -0.2) is 58.2 Å². The molecule has 0 N–H and O–H groups in total. The van der Waals surface area contributed by atoms with Crippen LogP contribution >= 0.6 is 11.3 Å². The molecular weight excluding hydrogens is 378 g/mol. The molecule has 8 nitrogen and oxygen atoms in total. The summed E-state index contributed by atoms with van der Waals surface area (Å²) in [5, 5.41) is 6.59. The van der Waals surface area contributed by atoms with Crippen molar-refractivity contribution in [2.24, 2.45) is 7.05 Å². The number of methoxy groups -OCH3 is 1. The number of piperazine rings is 1. The van der Waals surface area contributed by atoms with Gasteiger partial charge in [0.1, 0.15) is 23.0 Å². The van der Waals surface area contributed by atoms with Crippen LogP contribution in [0.25, 0.3) is 10.6 Å². The predicted octanol–water partition coefficient (Wildman–Crippen LogP) is 2.04. The van der Waals surface area contributed by atoms with Gasteiger partial charge in [-0.15, -0.1) is 11.3 Å². The molecule has 9 heteroatoms. The van der Waals surface area contributed by atoms with Gasteiger partial charge in [0.2, 0.25) is 5.91 Å². The van der Waals surface area contributed by atoms with Gasteiger partial charge >= 0.3 is 0 Å². The van der Waals surface area contributed by atoms with Crippen molar-refractivity contribution in [1.82, 2.24) is 19.7 Å². The molecule has 0 saturated carbocycles. The van der Waals surface area contributed by atoms with E-state index in [2.05, 4.69) is 10.1 Å². The summed E-state index contributed by atoms with van der Waals surface area (Å²) in [5.74, 6) is 0.412. The van der Waals surface area contributed by atoms with Crippen LogP contribution in [0.4, 0.5) is 5.69 Å². The SMILES string of the molecule is COc1ccc(-c2nc(C(=O)N3CCN(c4cnn(C)c4)C(=O)C3)cs2)cc1. The Kier molecular flexibility index (Phi) is 4.82. The first kappa shape index (κ1) is 18.2. The number of aromatic nitrogens is 3. The normalized spacial score (nSPS) is 14.4. The number of carbonyl (C=O) groups excluding carboxylic acids is 2. The lowest BCUT2D eigenvalue weighted by Crippen LogP contribution is -2.52. The number of carbonyl (C=O) groups is 2. The van der Waals surface area contributed by atoms with E-state index in [1.54, 1.807) is 46.4 Å². The number of ether oxygens (including phenoxy) is 1. The Balaban J connectivity index is 1.45. The molecular formula is C19H19N5O3S. The monoisotopic (exact) mass is 397 g/mol. The molecule has 28 heavy (non-hydrogen) atoms. The smallest absolute Gasteiger partial charge is 0.273 e. The summed E-state index contributed by atoms with van der Waals surface area (Å²) in [6.07, 6.45) is 3.44. The first-order valence-electron chi connectivity index (χ1n) is 8.73. The minimum atomic E-state index is -0.227. The van der Waals surface area contributed by atoms with Crippen molar-refractivity contribution in [2.75, 3.05) is 31.6 Å². The summed E-state index contributed by atoms with van der Waals surface area (Å²) in [7, 11) is 3.42. The number of nitrogens with zero attached hydrogens (tertiary/aromatic N) is 5. The minimum absolute atomic E-state index is 0.0309. The largest absolute Gasteiger partial charge is 0.497 e. The van der Waals surface area contributed by atoms with Crippen molar-refractivity contribution < 1.29 is 14.3 Å². The Bertz CT molecular complexity index is 1010. The Morgan fingerprint density at radius 2 is 2.00 bits per heavy atom. The van der Waals surface area contributed by atoms with Gasteiger partial charge < -0.3 is 14.5 Å². The summed E-state index contributed by atoms with van der Waals surface area (Å²) in [5.41, 5.74) is 2.02. The molecule has 144 valence electrons. The number of hydrogen-bond acceptors (Lipinski definition) is 6. The molecule has 1 saturated heterocycles. The fourth-order valence-corrected chi connectivity index (χ4v) is 3.87. The molecule has 1 fully saturated rings. The Morgan fingerprint density at radius 1 is 1.21 bits per heavy atom. The molecule has 4 rings (SSSR count). The molecule has 0 atom stereocenters. The first-order chi connectivity index (χ1) is 13.5. The Morgan fingerprint density at radius 3 is 2.64 bits per heavy atom. The zero-order chi connectivity index (χ0) is 19.7. The zero-order valence-electron chi connectivity index (χ0n) is 15.5. The lowest BCUT2D eigenvalue weighted by atomic mass is 10.2. The van der Waals surface area contributed by atoms with Crippen molar-refractivity contribution in [2.45, 2.75) is 0 Å². The van der Waals surface area contributed by atoms with E-state index in [4.69, 9.17) is 4.74 Å². The summed E-state index contributed by atoms with van der Waals surface area (Å²) < 4.78 is 6.81. The average molecular weight is 397 g/mol. The van der Waals surface area contributed by atoms with Crippen LogP contribution in [0.15, 0.2) is 42.0 Å². The average Bonchev–Trinajstić information content (AvgIpc) is 3.37. The third-order valence-electron chi connectivity index (χ3n) is 4.57. The quantitative estimate of drug-likeness (QED) is 0.673. The van der Waals surface area contributed by atoms with Crippen molar-refractivity contribution in [3.63, 3.8) is 0 Å². The number of rotatable bonds is 4. The molecule has 0 bridgehead atoms. The molecule has 2 aromatic heterocycles. The van der Waals surface area contributed by atoms with E-state index < -0.39 is 0 Å². The van der Waals surface area contributed by atoms with Crippen molar-refractivity contribution >= 4 is 28.8 Å². The molecule has 0 radical (unpaired) electrons. The second-order valence-corrected chi connectivity index (χ2v) is 7.27. The second kappa shape index (κ2) is 7.43. The van der Waals surface area contributed by atoms with Gasteiger partial charge in [-0.2, -0.15) is 5.10 Å². The molecule has 0 spiro atoms. The molecule has 1 aromatic carbocycles. The van der Waals surface area contributed by atoms with Crippen LogP contribution in [-0.2, 0) is 11.8 Å². The summed E-state index contributed by atoms with van der Waals surface area (Å²) in [4.78, 5) is 33.0. The van der Waals surface area contributed by atoms with E-state index >= 15 is 0 Å². The number of thiazole rings is 1. The van der Waals surface area contributed by atoms with Gasteiger partial charge in [-0.3, -0.25) is 14.3 Å². The van der Waals surface area contributed by atoms with Crippen LogP contribution in [0.3, 0.4) is 0 Å². The van der Waals surface area contributed by atoms with Crippen LogP contribution in [0, 0.1) is 0 Å². The molecule has 1 aliphatic heterocycles. The number of aryl methyl sites for hydroxylation is 1. The Labute approximate surface area is 166 Å². The van der Waals surface area contributed by atoms with Crippen LogP contribution in [0.1, 0.15) is 10.5 Å². The molecule has 0 aliphatic carbocycles. The predicted molar refractivity (Wildman–Crippen MR) is 106 cm³/mol. The standard InChI is InChI=1S/C19H19N5O3S/c1-22-10-14(9-20-22)24-8-7-23(11-17(24)25)19(26)16-12-28-18(21-16)13-3-5-15(27-2)6-4-13/h3-6,9-10,12H,7-8,11H2,1-2H3. The molecule has 0 unspecified atom stereocenters. The van der Waals surface area contributed by atoms with E-state index in [-0.39, 0.29) is 18.4 Å². The molecule has 3 aromatic rings. The van der Waals surface area contributed by atoms with E-state index in [0.29, 0.717) is 18.8 Å². The van der Waals surface area contributed by atoms with Gasteiger partial charge in [-0.05, 0) is 24.3 Å². The van der Waals surface area contributed by atoms with Gasteiger partial charge in [-0.25, -0.2) is 4.98 Å². The topological polar surface area (TPSA) is 80.6 Å². The third kappa shape index (κ3) is 3.48. The second-order valence-electron chi connectivity index (χ2n) is 6.41. The van der Waals surface area contributed by atoms with Crippen LogP contribution in [0.2, 0.25) is 0 Å². The van der Waals surface area contributed by atoms with Crippen molar-refractivity contribution in [1.29, 1.82) is 0 Å². The highest BCUT2D eigenvalue weighted by Crippen LogP contribution is 2.26. The van der Waals surface area contributed by atoms with Gasteiger partial charge in [0.15, 0.2) is 0 Å². The van der Waals surface area contributed by atoms with Gasteiger partial charge in [-0.1, -0.05) is 0 Å². The Hall–Kier alpha value is -3.20.